The van der Waals surface area contributed by atoms with Crippen molar-refractivity contribution in [2.45, 2.75) is 19.9 Å². The highest BCUT2D eigenvalue weighted by molar-refractivity contribution is 5.87. The molecule has 0 spiro atoms. The first-order chi connectivity index (χ1) is 11.0. The zero-order chi connectivity index (χ0) is 16.8. The average molecular weight is 319 g/mol. The van der Waals surface area contributed by atoms with E-state index in [1.807, 2.05) is 32.0 Å². The Morgan fingerprint density at radius 2 is 1.96 bits per heavy atom. The fourth-order valence-corrected chi connectivity index (χ4v) is 2.42. The van der Waals surface area contributed by atoms with E-state index >= 15 is 0 Å². The van der Waals surface area contributed by atoms with Crippen LogP contribution in [0.2, 0.25) is 0 Å². The summed E-state index contributed by atoms with van der Waals surface area (Å²) >= 11 is 0. The first kappa shape index (κ1) is 17.2. The monoisotopic (exact) mass is 319 g/mol. The molecule has 126 valence electrons. The highest BCUT2D eigenvalue weighted by Crippen LogP contribution is 2.12. The molecule has 3 N–H and O–H groups in total. The molecule has 2 heterocycles. The van der Waals surface area contributed by atoms with Crippen LogP contribution < -0.4 is 16.0 Å². The van der Waals surface area contributed by atoms with Crippen molar-refractivity contribution in [3.05, 3.63) is 24.4 Å². The summed E-state index contributed by atoms with van der Waals surface area (Å²) in [6.07, 6.45) is 1.76. The van der Waals surface area contributed by atoms with Crippen LogP contribution in [0.25, 0.3) is 0 Å². The SMILES string of the molecule is CC(C)[C@H](N)C(=O)NCC(=O)N1CCN(c2ccccn2)CC1. The minimum atomic E-state index is -0.580. The molecule has 1 aliphatic rings. The van der Waals surface area contributed by atoms with E-state index in [0.717, 1.165) is 18.9 Å². The van der Waals surface area contributed by atoms with E-state index in [-0.39, 0.29) is 24.3 Å². The highest BCUT2D eigenvalue weighted by atomic mass is 16.2. The standard InChI is InChI=1S/C16H25N5O2/c1-12(2)15(17)16(23)19-11-14(22)21-9-7-20(8-10-21)13-5-3-4-6-18-13/h3-6,12,15H,7-11,17H2,1-2H3,(H,19,23)/t15-/m0/s1. The van der Waals surface area contributed by atoms with Gasteiger partial charge in [0.15, 0.2) is 0 Å². The van der Waals surface area contributed by atoms with Crippen LogP contribution in [0.1, 0.15) is 13.8 Å². The summed E-state index contributed by atoms with van der Waals surface area (Å²) in [7, 11) is 0. The van der Waals surface area contributed by atoms with Gasteiger partial charge in [-0.3, -0.25) is 9.59 Å². The second-order valence-corrected chi connectivity index (χ2v) is 6.04. The van der Waals surface area contributed by atoms with Crippen molar-refractivity contribution in [2.24, 2.45) is 11.7 Å². The van der Waals surface area contributed by atoms with E-state index in [9.17, 15) is 9.59 Å². The van der Waals surface area contributed by atoms with Crippen molar-refractivity contribution < 1.29 is 9.59 Å². The molecule has 0 unspecified atom stereocenters. The maximum Gasteiger partial charge on any atom is 0.242 e. The largest absolute Gasteiger partial charge is 0.353 e. The van der Waals surface area contributed by atoms with Gasteiger partial charge in [-0.1, -0.05) is 19.9 Å². The van der Waals surface area contributed by atoms with Crippen molar-refractivity contribution in [2.75, 3.05) is 37.6 Å². The van der Waals surface area contributed by atoms with E-state index in [1.165, 1.54) is 0 Å². The lowest BCUT2D eigenvalue weighted by molar-refractivity contribution is -0.133. The number of nitrogens with one attached hydrogen (secondary N) is 1. The molecule has 2 amide bonds. The Balaban J connectivity index is 1.77. The van der Waals surface area contributed by atoms with Gasteiger partial charge in [0, 0.05) is 32.4 Å². The van der Waals surface area contributed by atoms with Gasteiger partial charge in [-0.15, -0.1) is 0 Å². The molecule has 7 heteroatoms. The molecule has 23 heavy (non-hydrogen) atoms. The smallest absolute Gasteiger partial charge is 0.242 e. The second-order valence-electron chi connectivity index (χ2n) is 6.04. The molecule has 1 atom stereocenters. The maximum absolute atomic E-state index is 12.2. The molecule has 1 aromatic rings. The fourth-order valence-electron chi connectivity index (χ4n) is 2.42. The van der Waals surface area contributed by atoms with Crippen molar-refractivity contribution in [1.29, 1.82) is 0 Å². The predicted octanol–water partition coefficient (Wildman–Crippen LogP) is -0.170. The Kier molecular flexibility index (Phi) is 5.92. The van der Waals surface area contributed by atoms with Gasteiger partial charge in [-0.05, 0) is 18.1 Å². The number of anilines is 1. The van der Waals surface area contributed by atoms with E-state index in [2.05, 4.69) is 15.2 Å². The molecule has 1 fully saturated rings. The summed E-state index contributed by atoms with van der Waals surface area (Å²) in [5.41, 5.74) is 5.76. The molecule has 7 nitrogen and oxygen atoms in total. The third-order valence-electron chi connectivity index (χ3n) is 4.04. The summed E-state index contributed by atoms with van der Waals surface area (Å²) in [5.74, 6) is 0.623. The van der Waals surface area contributed by atoms with Gasteiger partial charge in [-0.25, -0.2) is 4.98 Å². The molecule has 1 saturated heterocycles. The van der Waals surface area contributed by atoms with Gasteiger partial charge in [0.1, 0.15) is 5.82 Å². The van der Waals surface area contributed by atoms with Gasteiger partial charge >= 0.3 is 0 Å². The van der Waals surface area contributed by atoms with Crippen LogP contribution >= 0.6 is 0 Å². The quantitative estimate of drug-likeness (QED) is 0.786. The molecule has 0 radical (unpaired) electrons. The second kappa shape index (κ2) is 7.92. The first-order valence-corrected chi connectivity index (χ1v) is 7.96. The first-order valence-electron chi connectivity index (χ1n) is 7.96. The van der Waals surface area contributed by atoms with Crippen molar-refractivity contribution in [3.63, 3.8) is 0 Å². The molecular weight excluding hydrogens is 294 g/mol. The number of pyridine rings is 1. The van der Waals surface area contributed by atoms with Crippen molar-refractivity contribution in [3.8, 4) is 0 Å². The maximum atomic E-state index is 12.2. The summed E-state index contributed by atoms with van der Waals surface area (Å²) in [5, 5.41) is 2.62. The average Bonchev–Trinajstić information content (AvgIpc) is 2.59. The molecule has 0 aliphatic carbocycles. The van der Waals surface area contributed by atoms with Crippen LogP contribution in [-0.2, 0) is 9.59 Å². The number of carbonyl (C=O) groups is 2. The highest BCUT2D eigenvalue weighted by Gasteiger charge is 2.23. The van der Waals surface area contributed by atoms with Crippen LogP contribution in [0.5, 0.6) is 0 Å². The zero-order valence-corrected chi connectivity index (χ0v) is 13.7. The molecule has 2 rings (SSSR count). The number of amides is 2. The third-order valence-corrected chi connectivity index (χ3v) is 4.04. The van der Waals surface area contributed by atoms with Gasteiger partial charge < -0.3 is 20.9 Å². The van der Waals surface area contributed by atoms with Crippen LogP contribution in [-0.4, -0.2) is 60.5 Å². The van der Waals surface area contributed by atoms with E-state index < -0.39 is 6.04 Å². The fraction of sp³-hybridized carbons (Fsp3) is 0.562. The lowest BCUT2D eigenvalue weighted by Gasteiger charge is -2.35. The Hall–Kier alpha value is -2.15. The number of hydrogen-bond donors (Lipinski definition) is 2. The molecule has 1 aliphatic heterocycles. The molecule has 1 aromatic heterocycles. The van der Waals surface area contributed by atoms with Crippen LogP contribution in [0, 0.1) is 5.92 Å². The zero-order valence-electron chi connectivity index (χ0n) is 13.7. The van der Waals surface area contributed by atoms with Gasteiger partial charge in [-0.2, -0.15) is 0 Å². The number of hydrogen-bond acceptors (Lipinski definition) is 5. The molecule has 0 saturated carbocycles. The number of nitrogens with zero attached hydrogens (tertiary/aromatic N) is 3. The number of aromatic nitrogens is 1. The van der Waals surface area contributed by atoms with Gasteiger partial charge in [0.25, 0.3) is 0 Å². The van der Waals surface area contributed by atoms with Gasteiger partial charge in [0.2, 0.25) is 11.8 Å². The van der Waals surface area contributed by atoms with Crippen LogP contribution in [0.4, 0.5) is 5.82 Å². The summed E-state index contributed by atoms with van der Waals surface area (Å²) in [4.78, 5) is 32.2. The molecule has 0 aromatic carbocycles. The summed E-state index contributed by atoms with van der Waals surface area (Å²) in [6, 6.07) is 5.22. The Morgan fingerprint density at radius 3 is 2.52 bits per heavy atom. The number of rotatable bonds is 5. The van der Waals surface area contributed by atoms with E-state index in [0.29, 0.717) is 13.1 Å². The summed E-state index contributed by atoms with van der Waals surface area (Å²) < 4.78 is 0. The summed E-state index contributed by atoms with van der Waals surface area (Å²) in [6.45, 7) is 6.49. The number of carbonyl (C=O) groups excluding carboxylic acids is 2. The Bertz CT molecular complexity index is 527. The Labute approximate surface area is 136 Å². The van der Waals surface area contributed by atoms with E-state index in [1.54, 1.807) is 11.1 Å². The minimum absolute atomic E-state index is 0.00282. The minimum Gasteiger partial charge on any atom is -0.353 e. The third kappa shape index (κ3) is 4.66. The molecule has 0 bridgehead atoms. The lowest BCUT2D eigenvalue weighted by atomic mass is 10.1. The lowest BCUT2D eigenvalue weighted by Crippen LogP contribution is -2.53. The predicted molar refractivity (Wildman–Crippen MR) is 88.9 cm³/mol. The van der Waals surface area contributed by atoms with Crippen LogP contribution in [0.15, 0.2) is 24.4 Å². The van der Waals surface area contributed by atoms with Crippen LogP contribution in [0.3, 0.4) is 0 Å². The van der Waals surface area contributed by atoms with Crippen molar-refractivity contribution in [1.82, 2.24) is 15.2 Å². The topological polar surface area (TPSA) is 91.6 Å². The van der Waals surface area contributed by atoms with E-state index in [4.69, 9.17) is 5.73 Å². The Morgan fingerprint density at radius 1 is 1.26 bits per heavy atom. The van der Waals surface area contributed by atoms with Crippen molar-refractivity contribution >= 4 is 17.6 Å². The number of piperazine rings is 1. The number of nitrogens with two attached hydrogens (primary N) is 1. The van der Waals surface area contributed by atoms with Gasteiger partial charge in [0.05, 0.1) is 12.6 Å². The molecular formula is C16H25N5O2. The normalized spacial score (nSPS) is 16.3.